The predicted octanol–water partition coefficient (Wildman–Crippen LogP) is 7.06. The number of carbonyl (C=O) groups excluding carboxylic acids is 1. The number of benzene rings is 2. The summed E-state index contributed by atoms with van der Waals surface area (Å²) in [5.41, 5.74) is -0.535. The largest absolute Gasteiger partial charge is 0.437 e. The van der Waals surface area contributed by atoms with Gasteiger partial charge in [0.1, 0.15) is 11.4 Å². The van der Waals surface area contributed by atoms with Gasteiger partial charge in [0, 0.05) is 16.8 Å². The van der Waals surface area contributed by atoms with Crippen LogP contribution in [-0.2, 0) is 11.0 Å². The van der Waals surface area contributed by atoms with Crippen molar-refractivity contribution in [2.45, 2.75) is 6.18 Å². The number of alkyl halides is 3. The van der Waals surface area contributed by atoms with Gasteiger partial charge in [-0.05, 0) is 24.3 Å². The standard InChI is InChI=1S/C20H11Cl3F3N3O2/c21-13-6-7-16(14(22)9-13)28-19(30)31-29-17(11-4-2-1-3-5-11)18-15(23)8-12(10-27-18)20(24,25)26/h1-10H,(H,28,30)/b29-17-. The van der Waals surface area contributed by atoms with Crippen LogP contribution in [0.5, 0.6) is 0 Å². The van der Waals surface area contributed by atoms with Crippen LogP contribution in [0.4, 0.5) is 23.7 Å². The summed E-state index contributed by atoms with van der Waals surface area (Å²) in [7, 11) is 0. The smallest absolute Gasteiger partial charge is 0.297 e. The predicted molar refractivity (Wildman–Crippen MR) is 113 cm³/mol. The summed E-state index contributed by atoms with van der Waals surface area (Å²) in [5.74, 6) is 0. The molecule has 1 amide bonds. The maximum atomic E-state index is 12.9. The van der Waals surface area contributed by atoms with E-state index in [0.717, 1.165) is 6.07 Å². The maximum absolute atomic E-state index is 12.9. The lowest BCUT2D eigenvalue weighted by molar-refractivity contribution is -0.137. The Kier molecular flexibility index (Phi) is 7.04. The molecule has 0 unspecified atom stereocenters. The molecule has 1 N–H and O–H groups in total. The molecule has 3 rings (SSSR count). The summed E-state index contributed by atoms with van der Waals surface area (Å²) >= 11 is 17.8. The number of nitrogens with zero attached hydrogens (tertiary/aromatic N) is 2. The van der Waals surface area contributed by atoms with Crippen LogP contribution in [0.3, 0.4) is 0 Å². The number of nitrogens with one attached hydrogen (secondary N) is 1. The second kappa shape index (κ2) is 9.55. The topological polar surface area (TPSA) is 63.6 Å². The average molecular weight is 489 g/mol. The molecule has 1 heterocycles. The molecule has 1 aromatic heterocycles. The van der Waals surface area contributed by atoms with E-state index in [1.165, 1.54) is 18.2 Å². The van der Waals surface area contributed by atoms with Crippen LogP contribution < -0.4 is 5.32 Å². The Morgan fingerprint density at radius 1 is 1.00 bits per heavy atom. The van der Waals surface area contributed by atoms with Crippen molar-refractivity contribution in [1.29, 1.82) is 0 Å². The molecule has 11 heteroatoms. The maximum Gasteiger partial charge on any atom is 0.437 e. The van der Waals surface area contributed by atoms with Crippen LogP contribution in [0.25, 0.3) is 0 Å². The molecule has 31 heavy (non-hydrogen) atoms. The van der Waals surface area contributed by atoms with Gasteiger partial charge in [-0.25, -0.2) is 4.79 Å². The zero-order chi connectivity index (χ0) is 22.6. The fourth-order valence-corrected chi connectivity index (χ4v) is 3.12. The number of hydrogen-bond donors (Lipinski definition) is 1. The van der Waals surface area contributed by atoms with Gasteiger partial charge in [0.05, 0.1) is 21.3 Å². The number of pyridine rings is 1. The molecule has 0 saturated carbocycles. The Bertz CT molecular complexity index is 1140. The Labute approximate surface area is 189 Å². The summed E-state index contributed by atoms with van der Waals surface area (Å²) in [5, 5.41) is 6.37. The van der Waals surface area contributed by atoms with Crippen molar-refractivity contribution >= 4 is 52.3 Å². The van der Waals surface area contributed by atoms with E-state index in [9.17, 15) is 18.0 Å². The molecule has 0 fully saturated rings. The van der Waals surface area contributed by atoms with Crippen molar-refractivity contribution in [3.05, 3.63) is 92.7 Å². The Morgan fingerprint density at radius 2 is 1.71 bits per heavy atom. The quantitative estimate of drug-likeness (QED) is 0.243. The highest BCUT2D eigenvalue weighted by molar-refractivity contribution is 6.36. The minimum atomic E-state index is -4.62. The van der Waals surface area contributed by atoms with Crippen molar-refractivity contribution in [2.75, 3.05) is 5.32 Å². The summed E-state index contributed by atoms with van der Waals surface area (Å²) in [6.45, 7) is 0. The van der Waals surface area contributed by atoms with E-state index in [1.54, 1.807) is 30.3 Å². The number of anilines is 1. The second-order valence-electron chi connectivity index (χ2n) is 5.99. The van der Waals surface area contributed by atoms with Crippen LogP contribution in [0, 0.1) is 0 Å². The zero-order valence-corrected chi connectivity index (χ0v) is 17.5. The number of carbonyl (C=O) groups is 1. The van der Waals surface area contributed by atoms with Gasteiger partial charge in [-0.3, -0.25) is 15.1 Å². The Balaban J connectivity index is 1.91. The summed E-state index contributed by atoms with van der Waals surface area (Å²) < 4.78 is 38.7. The third-order valence-corrected chi connectivity index (χ3v) is 4.66. The van der Waals surface area contributed by atoms with Gasteiger partial charge in [0.25, 0.3) is 0 Å². The number of hydrogen-bond acceptors (Lipinski definition) is 4. The van der Waals surface area contributed by atoms with Gasteiger partial charge < -0.3 is 0 Å². The van der Waals surface area contributed by atoms with Gasteiger partial charge in [-0.1, -0.05) is 70.3 Å². The van der Waals surface area contributed by atoms with Crippen LogP contribution in [-0.4, -0.2) is 16.8 Å². The van der Waals surface area contributed by atoms with Crippen molar-refractivity contribution in [2.24, 2.45) is 5.16 Å². The minimum absolute atomic E-state index is 0.0447. The molecule has 0 saturated heterocycles. The molecule has 5 nitrogen and oxygen atoms in total. The van der Waals surface area contributed by atoms with Gasteiger partial charge >= 0.3 is 12.3 Å². The number of halogens is 6. The van der Waals surface area contributed by atoms with E-state index < -0.39 is 17.8 Å². The first-order chi connectivity index (χ1) is 14.6. The molecule has 0 aliphatic rings. The van der Waals surface area contributed by atoms with Crippen molar-refractivity contribution in [3.8, 4) is 0 Å². The van der Waals surface area contributed by atoms with Gasteiger partial charge in [-0.15, -0.1) is 0 Å². The molecule has 0 atom stereocenters. The van der Waals surface area contributed by atoms with E-state index in [4.69, 9.17) is 39.6 Å². The summed E-state index contributed by atoms with van der Waals surface area (Å²) in [6, 6.07) is 13.4. The van der Waals surface area contributed by atoms with Crippen molar-refractivity contribution < 1.29 is 22.8 Å². The third-order valence-electron chi connectivity index (χ3n) is 3.83. The zero-order valence-electron chi connectivity index (χ0n) is 15.3. The average Bonchev–Trinajstić information content (AvgIpc) is 2.71. The van der Waals surface area contributed by atoms with Crippen LogP contribution in [0.2, 0.25) is 15.1 Å². The van der Waals surface area contributed by atoms with Gasteiger partial charge in [-0.2, -0.15) is 13.2 Å². The van der Waals surface area contributed by atoms with Gasteiger partial charge in [0.2, 0.25) is 0 Å². The minimum Gasteiger partial charge on any atom is -0.297 e. The lowest BCUT2D eigenvalue weighted by atomic mass is 10.1. The molecule has 0 radical (unpaired) electrons. The Hall–Kier alpha value is -2.81. The highest BCUT2D eigenvalue weighted by atomic mass is 35.5. The molecule has 0 spiro atoms. The van der Waals surface area contributed by atoms with Crippen molar-refractivity contribution in [3.63, 3.8) is 0 Å². The summed E-state index contributed by atoms with van der Waals surface area (Å²) in [6.07, 6.45) is -5.00. The van der Waals surface area contributed by atoms with Crippen LogP contribution in [0.1, 0.15) is 16.8 Å². The van der Waals surface area contributed by atoms with E-state index >= 15 is 0 Å². The third kappa shape index (κ3) is 5.88. The highest BCUT2D eigenvalue weighted by Gasteiger charge is 2.32. The molecule has 0 aliphatic heterocycles. The van der Waals surface area contributed by atoms with Gasteiger partial charge in [0.15, 0.2) is 0 Å². The molecular formula is C20H11Cl3F3N3O2. The Morgan fingerprint density at radius 3 is 2.32 bits per heavy atom. The van der Waals surface area contributed by atoms with Crippen LogP contribution in [0.15, 0.2) is 65.9 Å². The summed E-state index contributed by atoms with van der Waals surface area (Å²) in [4.78, 5) is 20.8. The van der Waals surface area contributed by atoms with E-state index in [-0.39, 0.29) is 27.1 Å². The van der Waals surface area contributed by atoms with E-state index in [1.807, 2.05) is 0 Å². The molecule has 0 aliphatic carbocycles. The number of amides is 1. The van der Waals surface area contributed by atoms with Crippen molar-refractivity contribution in [1.82, 2.24) is 4.98 Å². The SMILES string of the molecule is O=C(Nc1ccc(Cl)cc1Cl)O/N=C(/c1ccccc1)c1ncc(C(F)(F)F)cc1Cl. The number of rotatable bonds is 4. The normalized spacial score (nSPS) is 11.9. The molecule has 3 aromatic rings. The first-order valence-electron chi connectivity index (χ1n) is 8.44. The fourth-order valence-electron chi connectivity index (χ4n) is 2.41. The van der Waals surface area contributed by atoms with Crippen LogP contribution >= 0.6 is 34.8 Å². The first-order valence-corrected chi connectivity index (χ1v) is 9.58. The lowest BCUT2D eigenvalue weighted by Gasteiger charge is -2.11. The number of aromatic nitrogens is 1. The molecule has 0 bridgehead atoms. The molecule has 2 aromatic carbocycles. The highest BCUT2D eigenvalue weighted by Crippen LogP contribution is 2.32. The molecular weight excluding hydrogens is 478 g/mol. The van der Waals surface area contributed by atoms with E-state index in [2.05, 4.69) is 15.5 Å². The second-order valence-corrected chi connectivity index (χ2v) is 7.24. The fraction of sp³-hybridized carbons (Fsp3) is 0.0500. The van der Waals surface area contributed by atoms with E-state index in [0.29, 0.717) is 16.8 Å². The first kappa shape index (κ1) is 22.9. The lowest BCUT2D eigenvalue weighted by Crippen LogP contribution is -2.15. The monoisotopic (exact) mass is 487 g/mol. The molecule has 160 valence electrons. The number of oxime groups is 1.